The summed E-state index contributed by atoms with van der Waals surface area (Å²) in [6.45, 7) is 4.84. The molecule has 1 aliphatic carbocycles. The topological polar surface area (TPSA) is 38.8 Å². The summed E-state index contributed by atoms with van der Waals surface area (Å²) in [5.41, 5.74) is 0.566. The van der Waals surface area contributed by atoms with Crippen molar-refractivity contribution in [1.29, 1.82) is 0 Å². The molecule has 0 bridgehead atoms. The van der Waals surface area contributed by atoms with E-state index in [4.69, 9.17) is 9.47 Å². The molecule has 1 saturated carbocycles. The number of rotatable bonds is 4. The first-order valence-corrected chi connectivity index (χ1v) is 7.59. The molecule has 1 spiro atoms. The SMILES string of the molecule is CCOC(=O)COC1CCC2(CC1)CCN(C)CC2. The van der Waals surface area contributed by atoms with Gasteiger partial charge in [-0.2, -0.15) is 0 Å². The van der Waals surface area contributed by atoms with Gasteiger partial charge in [0.05, 0.1) is 12.7 Å². The Labute approximate surface area is 116 Å². The van der Waals surface area contributed by atoms with Crippen LogP contribution in [0.4, 0.5) is 0 Å². The van der Waals surface area contributed by atoms with Crippen molar-refractivity contribution in [2.24, 2.45) is 5.41 Å². The van der Waals surface area contributed by atoms with Gasteiger partial charge in [0.2, 0.25) is 0 Å². The summed E-state index contributed by atoms with van der Waals surface area (Å²) >= 11 is 0. The zero-order valence-electron chi connectivity index (χ0n) is 12.3. The molecular formula is C15H27NO3. The van der Waals surface area contributed by atoms with Gasteiger partial charge in [-0.25, -0.2) is 4.79 Å². The minimum Gasteiger partial charge on any atom is -0.464 e. The number of piperidine rings is 1. The third-order valence-corrected chi connectivity index (χ3v) is 4.78. The highest BCUT2D eigenvalue weighted by molar-refractivity contribution is 5.70. The van der Waals surface area contributed by atoms with Gasteiger partial charge in [0.15, 0.2) is 0 Å². The van der Waals surface area contributed by atoms with Crippen LogP contribution in [-0.4, -0.2) is 50.3 Å². The minimum atomic E-state index is -0.234. The molecular weight excluding hydrogens is 242 g/mol. The lowest BCUT2D eigenvalue weighted by molar-refractivity contribution is -0.151. The Hall–Kier alpha value is -0.610. The molecule has 0 atom stereocenters. The molecule has 2 fully saturated rings. The van der Waals surface area contributed by atoms with Gasteiger partial charge in [-0.1, -0.05) is 0 Å². The van der Waals surface area contributed by atoms with Gasteiger partial charge in [-0.05, 0) is 71.0 Å². The first kappa shape index (κ1) is 14.8. The summed E-state index contributed by atoms with van der Waals surface area (Å²) in [6, 6.07) is 0. The van der Waals surface area contributed by atoms with Crippen molar-refractivity contribution in [2.75, 3.05) is 33.4 Å². The van der Waals surface area contributed by atoms with Crippen LogP contribution in [0.3, 0.4) is 0 Å². The lowest BCUT2D eigenvalue weighted by Gasteiger charge is -2.45. The molecule has 0 aromatic heterocycles. The zero-order valence-corrected chi connectivity index (χ0v) is 12.3. The minimum absolute atomic E-state index is 0.119. The molecule has 1 saturated heterocycles. The molecule has 4 nitrogen and oxygen atoms in total. The van der Waals surface area contributed by atoms with Crippen LogP contribution in [0.5, 0.6) is 0 Å². The fourth-order valence-electron chi connectivity index (χ4n) is 3.35. The van der Waals surface area contributed by atoms with Gasteiger partial charge in [0.1, 0.15) is 6.61 Å². The number of hydrogen-bond acceptors (Lipinski definition) is 4. The number of likely N-dealkylation sites (tertiary alicyclic amines) is 1. The smallest absolute Gasteiger partial charge is 0.332 e. The molecule has 4 heteroatoms. The van der Waals surface area contributed by atoms with Crippen LogP contribution in [0.15, 0.2) is 0 Å². The van der Waals surface area contributed by atoms with Crippen LogP contribution in [0.2, 0.25) is 0 Å². The normalized spacial score (nSPS) is 24.5. The summed E-state index contributed by atoms with van der Waals surface area (Å²) in [4.78, 5) is 13.7. The number of esters is 1. The summed E-state index contributed by atoms with van der Waals surface area (Å²) in [6.07, 6.45) is 7.63. The Morgan fingerprint density at radius 1 is 1.21 bits per heavy atom. The summed E-state index contributed by atoms with van der Waals surface area (Å²) in [5, 5.41) is 0. The van der Waals surface area contributed by atoms with Crippen molar-refractivity contribution in [3.8, 4) is 0 Å². The predicted molar refractivity (Wildman–Crippen MR) is 74.0 cm³/mol. The monoisotopic (exact) mass is 269 g/mol. The summed E-state index contributed by atoms with van der Waals surface area (Å²) in [7, 11) is 2.21. The van der Waals surface area contributed by atoms with E-state index in [9.17, 15) is 4.79 Å². The molecule has 0 aromatic carbocycles. The molecule has 0 unspecified atom stereocenters. The molecule has 0 radical (unpaired) electrons. The second kappa shape index (κ2) is 6.71. The lowest BCUT2D eigenvalue weighted by Crippen LogP contribution is -2.41. The summed E-state index contributed by atoms with van der Waals surface area (Å²) < 4.78 is 10.6. The molecule has 2 aliphatic rings. The highest BCUT2D eigenvalue weighted by Gasteiger charge is 2.37. The van der Waals surface area contributed by atoms with E-state index in [1.807, 2.05) is 6.92 Å². The molecule has 110 valence electrons. The fourth-order valence-corrected chi connectivity index (χ4v) is 3.35. The van der Waals surface area contributed by atoms with Crippen LogP contribution in [0, 0.1) is 5.41 Å². The molecule has 19 heavy (non-hydrogen) atoms. The molecule has 0 N–H and O–H groups in total. The van der Waals surface area contributed by atoms with E-state index in [0.717, 1.165) is 12.8 Å². The van der Waals surface area contributed by atoms with Crippen molar-refractivity contribution < 1.29 is 14.3 Å². The van der Waals surface area contributed by atoms with Gasteiger partial charge in [-0.3, -0.25) is 0 Å². The Morgan fingerprint density at radius 3 is 2.42 bits per heavy atom. The number of nitrogens with zero attached hydrogens (tertiary/aromatic N) is 1. The van der Waals surface area contributed by atoms with Crippen LogP contribution in [0.25, 0.3) is 0 Å². The van der Waals surface area contributed by atoms with Crippen LogP contribution in [0.1, 0.15) is 45.4 Å². The third kappa shape index (κ3) is 4.18. The highest BCUT2D eigenvalue weighted by atomic mass is 16.6. The van der Waals surface area contributed by atoms with Gasteiger partial charge >= 0.3 is 5.97 Å². The molecule has 1 heterocycles. The van der Waals surface area contributed by atoms with E-state index >= 15 is 0 Å². The van der Waals surface area contributed by atoms with Crippen molar-refractivity contribution >= 4 is 5.97 Å². The first-order valence-electron chi connectivity index (χ1n) is 7.59. The number of carbonyl (C=O) groups is 1. The number of hydrogen-bond donors (Lipinski definition) is 0. The average molecular weight is 269 g/mol. The van der Waals surface area contributed by atoms with Gasteiger partial charge in [0, 0.05) is 0 Å². The Bertz CT molecular complexity index is 288. The Kier molecular flexibility index (Phi) is 5.22. The van der Waals surface area contributed by atoms with Gasteiger partial charge in [0.25, 0.3) is 0 Å². The molecule has 0 amide bonds. The quantitative estimate of drug-likeness (QED) is 0.734. The van der Waals surface area contributed by atoms with E-state index in [1.54, 1.807) is 0 Å². The van der Waals surface area contributed by atoms with Crippen LogP contribution >= 0.6 is 0 Å². The number of ether oxygens (including phenoxy) is 2. The van der Waals surface area contributed by atoms with Crippen molar-refractivity contribution in [3.63, 3.8) is 0 Å². The zero-order chi connectivity index (χ0) is 13.7. The van der Waals surface area contributed by atoms with Crippen molar-refractivity contribution in [1.82, 2.24) is 4.90 Å². The standard InChI is InChI=1S/C15H27NO3/c1-3-18-14(17)12-19-13-4-6-15(7-5-13)8-10-16(2)11-9-15/h13H,3-12H2,1-2H3. The maximum absolute atomic E-state index is 11.3. The Morgan fingerprint density at radius 2 is 1.84 bits per heavy atom. The second-order valence-corrected chi connectivity index (χ2v) is 6.12. The third-order valence-electron chi connectivity index (χ3n) is 4.78. The maximum Gasteiger partial charge on any atom is 0.332 e. The molecule has 2 rings (SSSR count). The fraction of sp³-hybridized carbons (Fsp3) is 0.933. The summed E-state index contributed by atoms with van der Waals surface area (Å²) in [5.74, 6) is -0.234. The van der Waals surface area contributed by atoms with Gasteiger partial charge < -0.3 is 14.4 Å². The van der Waals surface area contributed by atoms with Crippen LogP contribution < -0.4 is 0 Å². The second-order valence-electron chi connectivity index (χ2n) is 6.12. The van der Waals surface area contributed by atoms with E-state index in [-0.39, 0.29) is 18.7 Å². The lowest BCUT2D eigenvalue weighted by atomic mass is 9.67. The largest absolute Gasteiger partial charge is 0.464 e. The van der Waals surface area contributed by atoms with E-state index < -0.39 is 0 Å². The van der Waals surface area contributed by atoms with Crippen LogP contribution in [-0.2, 0) is 14.3 Å². The Balaban J connectivity index is 1.69. The van der Waals surface area contributed by atoms with E-state index in [1.165, 1.54) is 38.8 Å². The van der Waals surface area contributed by atoms with Crippen molar-refractivity contribution in [2.45, 2.75) is 51.6 Å². The first-order chi connectivity index (χ1) is 9.13. The molecule has 1 aliphatic heterocycles. The average Bonchev–Trinajstić information content (AvgIpc) is 2.42. The van der Waals surface area contributed by atoms with Crippen molar-refractivity contribution in [3.05, 3.63) is 0 Å². The highest BCUT2D eigenvalue weighted by Crippen LogP contribution is 2.44. The predicted octanol–water partition coefficient (Wildman–Crippen LogP) is 2.22. The maximum atomic E-state index is 11.3. The van der Waals surface area contributed by atoms with E-state index in [2.05, 4.69) is 11.9 Å². The van der Waals surface area contributed by atoms with Gasteiger partial charge in [-0.15, -0.1) is 0 Å². The molecule has 0 aromatic rings. The van der Waals surface area contributed by atoms with E-state index in [0.29, 0.717) is 12.0 Å². The number of carbonyl (C=O) groups excluding carboxylic acids is 1.